The van der Waals surface area contributed by atoms with Gasteiger partial charge in [-0.25, -0.2) is 4.98 Å². The lowest BCUT2D eigenvalue weighted by atomic mass is 10.2. The van der Waals surface area contributed by atoms with Crippen LogP contribution in [0, 0.1) is 11.3 Å². The van der Waals surface area contributed by atoms with Gasteiger partial charge < -0.3 is 9.88 Å². The van der Waals surface area contributed by atoms with Crippen LogP contribution in [0.2, 0.25) is 0 Å². The molecule has 0 bridgehead atoms. The summed E-state index contributed by atoms with van der Waals surface area (Å²) in [5, 5.41) is 8.69. The number of hydrogen-bond acceptors (Lipinski definition) is 3. The first-order valence-corrected chi connectivity index (χ1v) is 4.93. The van der Waals surface area contributed by atoms with Crippen LogP contribution in [-0.4, -0.2) is 24.1 Å². The van der Waals surface area contributed by atoms with Crippen LogP contribution in [-0.2, 0) is 0 Å². The number of nitriles is 1. The number of H-pyrrole nitrogens is 1. The minimum Gasteiger partial charge on any atom is -0.378 e. The van der Waals surface area contributed by atoms with Gasteiger partial charge in [-0.1, -0.05) is 0 Å². The van der Waals surface area contributed by atoms with Gasteiger partial charge in [0.15, 0.2) is 0 Å². The number of aromatic nitrogens is 2. The first-order chi connectivity index (χ1) is 7.70. The van der Waals surface area contributed by atoms with Crippen molar-refractivity contribution in [1.29, 1.82) is 5.26 Å². The Hall–Kier alpha value is -2.28. The monoisotopic (exact) mass is 212 g/mol. The highest BCUT2D eigenvalue weighted by molar-refractivity contribution is 5.60. The lowest BCUT2D eigenvalue weighted by Gasteiger charge is -2.11. The molecule has 4 nitrogen and oxygen atoms in total. The summed E-state index contributed by atoms with van der Waals surface area (Å²) in [4.78, 5) is 9.12. The van der Waals surface area contributed by atoms with E-state index in [1.807, 2.05) is 49.3 Å². The number of imidazole rings is 1. The zero-order chi connectivity index (χ0) is 11.5. The number of hydrogen-bond donors (Lipinski definition) is 1. The fourth-order valence-electron chi connectivity index (χ4n) is 1.44. The van der Waals surface area contributed by atoms with Crippen LogP contribution >= 0.6 is 0 Å². The van der Waals surface area contributed by atoms with E-state index in [-0.39, 0.29) is 0 Å². The smallest absolute Gasteiger partial charge is 0.138 e. The van der Waals surface area contributed by atoms with Crippen LogP contribution in [0.15, 0.2) is 30.5 Å². The van der Waals surface area contributed by atoms with Crippen molar-refractivity contribution in [3.8, 4) is 17.5 Å². The van der Waals surface area contributed by atoms with E-state index in [1.54, 1.807) is 0 Å². The largest absolute Gasteiger partial charge is 0.378 e. The summed E-state index contributed by atoms with van der Waals surface area (Å²) in [6, 6.07) is 10.0. The molecule has 0 saturated carbocycles. The molecule has 0 spiro atoms. The number of rotatable bonds is 2. The molecule has 0 aliphatic heterocycles. The zero-order valence-electron chi connectivity index (χ0n) is 9.23. The van der Waals surface area contributed by atoms with Gasteiger partial charge in [-0.2, -0.15) is 5.26 Å². The van der Waals surface area contributed by atoms with Crippen LogP contribution < -0.4 is 4.90 Å². The Balaban J connectivity index is 2.31. The van der Waals surface area contributed by atoms with Crippen LogP contribution in [0.3, 0.4) is 0 Å². The van der Waals surface area contributed by atoms with Crippen LogP contribution in [0.1, 0.15) is 5.69 Å². The standard InChI is InChI=1S/C12H12N4/c1-16(2)11-5-3-9(4-6-11)12-14-8-10(7-13)15-12/h3-6,8H,1-2H3,(H,14,15). The van der Waals surface area contributed by atoms with Crippen molar-refractivity contribution in [1.82, 2.24) is 9.97 Å². The third-order valence-corrected chi connectivity index (χ3v) is 2.35. The number of aromatic amines is 1. The van der Waals surface area contributed by atoms with Crippen molar-refractivity contribution in [2.24, 2.45) is 0 Å². The maximum Gasteiger partial charge on any atom is 0.138 e. The van der Waals surface area contributed by atoms with Crippen LogP contribution in [0.5, 0.6) is 0 Å². The molecular weight excluding hydrogens is 200 g/mol. The van der Waals surface area contributed by atoms with Crippen molar-refractivity contribution in [3.63, 3.8) is 0 Å². The van der Waals surface area contributed by atoms with Crippen molar-refractivity contribution in [3.05, 3.63) is 36.2 Å². The summed E-state index contributed by atoms with van der Waals surface area (Å²) in [5.74, 6) is 0.724. The van der Waals surface area contributed by atoms with E-state index in [4.69, 9.17) is 5.26 Å². The van der Waals surface area contributed by atoms with Gasteiger partial charge in [0, 0.05) is 25.3 Å². The molecule has 0 aliphatic carbocycles. The van der Waals surface area contributed by atoms with Gasteiger partial charge in [0.1, 0.15) is 17.6 Å². The minimum atomic E-state index is 0.478. The highest BCUT2D eigenvalue weighted by Crippen LogP contribution is 2.19. The van der Waals surface area contributed by atoms with E-state index in [1.165, 1.54) is 6.20 Å². The first-order valence-electron chi connectivity index (χ1n) is 4.93. The van der Waals surface area contributed by atoms with E-state index in [0.717, 1.165) is 17.1 Å². The van der Waals surface area contributed by atoms with Gasteiger partial charge in [-0.3, -0.25) is 0 Å². The molecule has 1 N–H and O–H groups in total. The fourth-order valence-corrected chi connectivity index (χ4v) is 1.44. The summed E-state index contributed by atoms with van der Waals surface area (Å²) >= 11 is 0. The second kappa shape index (κ2) is 4.07. The Morgan fingerprint density at radius 1 is 1.25 bits per heavy atom. The Labute approximate surface area is 94.2 Å². The van der Waals surface area contributed by atoms with E-state index in [0.29, 0.717) is 5.69 Å². The van der Waals surface area contributed by atoms with Crippen LogP contribution in [0.25, 0.3) is 11.4 Å². The molecule has 0 radical (unpaired) electrons. The molecule has 16 heavy (non-hydrogen) atoms. The lowest BCUT2D eigenvalue weighted by molar-refractivity contribution is 1.13. The summed E-state index contributed by atoms with van der Waals surface area (Å²) in [7, 11) is 3.99. The molecular formula is C12H12N4. The topological polar surface area (TPSA) is 55.7 Å². The van der Waals surface area contributed by atoms with Crippen LogP contribution in [0.4, 0.5) is 5.69 Å². The fraction of sp³-hybridized carbons (Fsp3) is 0.167. The molecule has 0 amide bonds. The average molecular weight is 212 g/mol. The average Bonchev–Trinajstić information content (AvgIpc) is 2.77. The molecule has 0 fully saturated rings. The number of nitrogens with zero attached hydrogens (tertiary/aromatic N) is 3. The van der Waals surface area contributed by atoms with Crippen molar-refractivity contribution in [2.75, 3.05) is 19.0 Å². The highest BCUT2D eigenvalue weighted by Gasteiger charge is 2.03. The van der Waals surface area contributed by atoms with E-state index in [9.17, 15) is 0 Å². The van der Waals surface area contributed by atoms with Gasteiger partial charge >= 0.3 is 0 Å². The molecule has 1 aromatic heterocycles. The van der Waals surface area contributed by atoms with Gasteiger partial charge in [0.05, 0.1) is 6.20 Å². The molecule has 0 aliphatic rings. The molecule has 2 rings (SSSR count). The highest BCUT2D eigenvalue weighted by atomic mass is 15.1. The van der Waals surface area contributed by atoms with Crippen molar-refractivity contribution in [2.45, 2.75) is 0 Å². The summed E-state index contributed by atoms with van der Waals surface area (Å²) in [6.07, 6.45) is 1.54. The van der Waals surface area contributed by atoms with Gasteiger partial charge in [-0.15, -0.1) is 0 Å². The molecule has 4 heteroatoms. The van der Waals surface area contributed by atoms with Crippen molar-refractivity contribution < 1.29 is 0 Å². The molecule has 0 saturated heterocycles. The third-order valence-electron chi connectivity index (χ3n) is 2.35. The van der Waals surface area contributed by atoms with Gasteiger partial charge in [0.25, 0.3) is 0 Å². The Bertz CT molecular complexity index is 517. The molecule has 0 unspecified atom stereocenters. The summed E-state index contributed by atoms with van der Waals surface area (Å²) < 4.78 is 0. The number of nitrogens with one attached hydrogen (secondary N) is 1. The van der Waals surface area contributed by atoms with Crippen molar-refractivity contribution >= 4 is 5.69 Å². The maximum atomic E-state index is 8.69. The normalized spacial score (nSPS) is 9.81. The maximum absolute atomic E-state index is 8.69. The predicted molar refractivity (Wildman–Crippen MR) is 63.1 cm³/mol. The molecule has 1 aromatic carbocycles. The minimum absolute atomic E-state index is 0.478. The number of anilines is 1. The lowest BCUT2D eigenvalue weighted by Crippen LogP contribution is -2.07. The SMILES string of the molecule is CN(C)c1ccc(-c2ncc(C#N)[nH]2)cc1. The molecule has 1 heterocycles. The van der Waals surface area contributed by atoms with E-state index in [2.05, 4.69) is 9.97 Å². The molecule has 80 valence electrons. The first kappa shape index (κ1) is 10.2. The summed E-state index contributed by atoms with van der Waals surface area (Å²) in [6.45, 7) is 0. The molecule has 2 aromatic rings. The Morgan fingerprint density at radius 3 is 2.44 bits per heavy atom. The van der Waals surface area contributed by atoms with E-state index >= 15 is 0 Å². The molecule has 0 atom stereocenters. The Kier molecular flexibility index (Phi) is 2.61. The second-order valence-electron chi connectivity index (χ2n) is 3.70. The zero-order valence-corrected chi connectivity index (χ0v) is 9.23. The Morgan fingerprint density at radius 2 is 1.94 bits per heavy atom. The third kappa shape index (κ3) is 1.89. The van der Waals surface area contributed by atoms with Gasteiger partial charge in [-0.05, 0) is 24.3 Å². The predicted octanol–water partition coefficient (Wildman–Crippen LogP) is 2.01. The number of benzene rings is 1. The second-order valence-corrected chi connectivity index (χ2v) is 3.70. The van der Waals surface area contributed by atoms with Gasteiger partial charge in [0.2, 0.25) is 0 Å². The quantitative estimate of drug-likeness (QED) is 0.828. The van der Waals surface area contributed by atoms with E-state index < -0.39 is 0 Å². The summed E-state index contributed by atoms with van der Waals surface area (Å²) in [5.41, 5.74) is 2.59.